The highest BCUT2D eigenvalue weighted by molar-refractivity contribution is 6.01. The van der Waals surface area contributed by atoms with E-state index in [0.717, 1.165) is 11.1 Å². The van der Waals surface area contributed by atoms with Crippen molar-refractivity contribution in [3.05, 3.63) is 11.1 Å². The van der Waals surface area contributed by atoms with Crippen molar-refractivity contribution in [2.24, 2.45) is 17.3 Å². The monoisotopic (exact) mass is 250 g/mol. The van der Waals surface area contributed by atoms with Gasteiger partial charge in [-0.3, -0.25) is 9.59 Å². The second-order valence-corrected chi connectivity index (χ2v) is 6.37. The fourth-order valence-corrected chi connectivity index (χ4v) is 3.52. The third-order valence-corrected chi connectivity index (χ3v) is 5.10. The van der Waals surface area contributed by atoms with Gasteiger partial charge >= 0.3 is 0 Å². The molecule has 2 saturated carbocycles. The van der Waals surface area contributed by atoms with Crippen molar-refractivity contribution >= 4 is 11.6 Å². The third kappa shape index (κ3) is 1.85. The van der Waals surface area contributed by atoms with Crippen LogP contribution in [0.4, 0.5) is 0 Å². The van der Waals surface area contributed by atoms with Gasteiger partial charge in [0.05, 0.1) is 6.10 Å². The summed E-state index contributed by atoms with van der Waals surface area (Å²) in [6.07, 6.45) is 0.597. The molecule has 0 spiro atoms. The Hall–Kier alpha value is -0.960. The lowest BCUT2D eigenvalue weighted by atomic mass is 9.53. The zero-order valence-electron chi connectivity index (χ0n) is 11.6. The highest BCUT2D eigenvalue weighted by Gasteiger charge is 2.53. The van der Waals surface area contributed by atoms with E-state index in [-0.39, 0.29) is 35.2 Å². The first kappa shape index (κ1) is 13.5. The van der Waals surface area contributed by atoms with Crippen LogP contribution in [0.15, 0.2) is 11.1 Å². The molecule has 0 bridgehead atoms. The standard InChI is InChI=1S/C15H22O3/c1-8(2)10-7-15(4)9(3)12(16)6-14(18)11(15)5-13(10)17/h9,11-12,16H,5-7H2,1-4H3/t9-,11+,12+,15+/m0/s1. The minimum absolute atomic E-state index is 0.0580. The van der Waals surface area contributed by atoms with Crippen LogP contribution in [0.5, 0.6) is 0 Å². The number of hydrogen-bond acceptors (Lipinski definition) is 3. The van der Waals surface area contributed by atoms with E-state index < -0.39 is 6.10 Å². The Bertz CT molecular complexity index is 431. The van der Waals surface area contributed by atoms with Gasteiger partial charge in [0.25, 0.3) is 0 Å². The minimum Gasteiger partial charge on any atom is -0.392 e. The highest BCUT2D eigenvalue weighted by Crippen LogP contribution is 2.52. The third-order valence-electron chi connectivity index (χ3n) is 5.10. The highest BCUT2D eigenvalue weighted by atomic mass is 16.3. The molecule has 3 nitrogen and oxygen atoms in total. The summed E-state index contributed by atoms with van der Waals surface area (Å²) in [5, 5.41) is 10.0. The summed E-state index contributed by atoms with van der Waals surface area (Å²) in [7, 11) is 0. The van der Waals surface area contributed by atoms with E-state index in [4.69, 9.17) is 0 Å². The summed E-state index contributed by atoms with van der Waals surface area (Å²) < 4.78 is 0. The van der Waals surface area contributed by atoms with Crippen molar-refractivity contribution in [2.75, 3.05) is 0 Å². The molecule has 0 radical (unpaired) electrons. The number of allylic oxidation sites excluding steroid dienone is 2. The molecule has 2 aliphatic rings. The van der Waals surface area contributed by atoms with Crippen molar-refractivity contribution in [1.29, 1.82) is 0 Å². The van der Waals surface area contributed by atoms with Gasteiger partial charge in [-0.2, -0.15) is 0 Å². The molecule has 0 heterocycles. The normalized spacial score (nSPS) is 40.7. The van der Waals surface area contributed by atoms with Crippen molar-refractivity contribution in [2.45, 2.75) is 53.1 Å². The molecule has 2 aliphatic carbocycles. The smallest absolute Gasteiger partial charge is 0.159 e. The van der Waals surface area contributed by atoms with Crippen LogP contribution in [-0.4, -0.2) is 22.8 Å². The second-order valence-electron chi connectivity index (χ2n) is 6.37. The van der Waals surface area contributed by atoms with Crippen LogP contribution in [0.1, 0.15) is 47.0 Å². The molecule has 0 aromatic rings. The van der Waals surface area contributed by atoms with Crippen LogP contribution in [0, 0.1) is 17.3 Å². The molecule has 0 unspecified atom stereocenters. The average molecular weight is 250 g/mol. The Morgan fingerprint density at radius 2 is 1.89 bits per heavy atom. The van der Waals surface area contributed by atoms with Crippen molar-refractivity contribution in [1.82, 2.24) is 0 Å². The minimum atomic E-state index is -0.564. The van der Waals surface area contributed by atoms with E-state index in [1.54, 1.807) is 0 Å². The van der Waals surface area contributed by atoms with Crippen LogP contribution < -0.4 is 0 Å². The van der Waals surface area contributed by atoms with E-state index >= 15 is 0 Å². The van der Waals surface area contributed by atoms with Gasteiger partial charge in [0.2, 0.25) is 0 Å². The van der Waals surface area contributed by atoms with E-state index in [1.807, 2.05) is 20.8 Å². The fraction of sp³-hybridized carbons (Fsp3) is 0.733. The maximum Gasteiger partial charge on any atom is 0.159 e. The molecule has 1 N–H and O–H groups in total. The first-order valence-electron chi connectivity index (χ1n) is 6.67. The van der Waals surface area contributed by atoms with Gasteiger partial charge in [0.15, 0.2) is 5.78 Å². The van der Waals surface area contributed by atoms with Gasteiger partial charge < -0.3 is 5.11 Å². The molecular formula is C15H22O3. The Morgan fingerprint density at radius 1 is 1.28 bits per heavy atom. The fourth-order valence-electron chi connectivity index (χ4n) is 3.52. The lowest BCUT2D eigenvalue weighted by Crippen LogP contribution is -2.53. The summed E-state index contributed by atoms with van der Waals surface area (Å²) in [4.78, 5) is 24.2. The Balaban J connectivity index is 2.43. The van der Waals surface area contributed by atoms with Crippen molar-refractivity contribution < 1.29 is 14.7 Å². The molecule has 4 atom stereocenters. The molecule has 3 heteroatoms. The van der Waals surface area contributed by atoms with Crippen molar-refractivity contribution in [3.63, 3.8) is 0 Å². The molecule has 0 aromatic carbocycles. The van der Waals surface area contributed by atoms with Gasteiger partial charge in [-0.05, 0) is 37.2 Å². The maximum atomic E-state index is 12.1. The number of carbonyl (C=O) groups excluding carboxylic acids is 2. The molecule has 0 saturated heterocycles. The summed E-state index contributed by atoms with van der Waals surface area (Å²) >= 11 is 0. The Morgan fingerprint density at radius 3 is 2.44 bits per heavy atom. The van der Waals surface area contributed by atoms with Gasteiger partial charge in [-0.25, -0.2) is 0 Å². The summed E-state index contributed by atoms with van der Waals surface area (Å²) in [6.45, 7) is 7.95. The van der Waals surface area contributed by atoms with E-state index in [0.29, 0.717) is 12.8 Å². The molecule has 2 rings (SSSR count). The van der Waals surface area contributed by atoms with Crippen LogP contribution in [0.3, 0.4) is 0 Å². The van der Waals surface area contributed by atoms with Crippen LogP contribution >= 0.6 is 0 Å². The van der Waals surface area contributed by atoms with E-state index in [2.05, 4.69) is 6.92 Å². The first-order chi connectivity index (χ1) is 8.27. The number of aliphatic hydroxyl groups is 1. The zero-order chi connectivity index (χ0) is 13.7. The number of hydrogen-bond donors (Lipinski definition) is 1. The molecule has 0 amide bonds. The number of carbonyl (C=O) groups is 2. The summed E-state index contributed by atoms with van der Waals surface area (Å²) in [5.74, 6) is 0.0350. The van der Waals surface area contributed by atoms with Gasteiger partial charge in [-0.15, -0.1) is 0 Å². The van der Waals surface area contributed by atoms with Crippen LogP contribution in [0.25, 0.3) is 0 Å². The summed E-state index contributed by atoms with van der Waals surface area (Å²) in [5.41, 5.74) is 1.64. The molecule has 2 fully saturated rings. The topological polar surface area (TPSA) is 54.4 Å². The molecule has 18 heavy (non-hydrogen) atoms. The Labute approximate surface area is 108 Å². The summed E-state index contributed by atoms with van der Waals surface area (Å²) in [6, 6.07) is 0. The van der Waals surface area contributed by atoms with Crippen LogP contribution in [-0.2, 0) is 9.59 Å². The lowest BCUT2D eigenvalue weighted by Gasteiger charge is -2.50. The van der Waals surface area contributed by atoms with Gasteiger partial charge in [-0.1, -0.05) is 19.4 Å². The number of ketones is 2. The lowest BCUT2D eigenvalue weighted by molar-refractivity contribution is -0.148. The number of aliphatic hydroxyl groups excluding tert-OH is 1. The van der Waals surface area contributed by atoms with Gasteiger partial charge in [0, 0.05) is 18.8 Å². The first-order valence-corrected chi connectivity index (χ1v) is 6.67. The number of fused-ring (bicyclic) bond motifs is 1. The SMILES string of the molecule is CC(C)=C1C[C@@]2(C)[C@H](CC1=O)C(=O)C[C@@H](O)[C@@H]2C. The van der Waals surface area contributed by atoms with E-state index in [9.17, 15) is 14.7 Å². The quantitative estimate of drug-likeness (QED) is 0.671. The Kier molecular flexibility index (Phi) is 3.22. The molecular weight excluding hydrogens is 228 g/mol. The maximum absolute atomic E-state index is 12.1. The largest absolute Gasteiger partial charge is 0.392 e. The van der Waals surface area contributed by atoms with Crippen LogP contribution in [0.2, 0.25) is 0 Å². The zero-order valence-corrected chi connectivity index (χ0v) is 11.6. The van der Waals surface area contributed by atoms with Crippen molar-refractivity contribution in [3.8, 4) is 0 Å². The average Bonchev–Trinajstić information content (AvgIpc) is 2.28. The second kappa shape index (κ2) is 4.30. The predicted octanol–water partition coefficient (Wildman–Crippen LogP) is 2.28. The predicted molar refractivity (Wildman–Crippen MR) is 69.0 cm³/mol. The number of Topliss-reactive ketones (excluding diaryl/α,β-unsaturated/α-hetero) is 2. The van der Waals surface area contributed by atoms with Gasteiger partial charge in [0.1, 0.15) is 5.78 Å². The molecule has 100 valence electrons. The number of rotatable bonds is 0. The molecule has 0 aliphatic heterocycles. The molecule has 0 aromatic heterocycles. The van der Waals surface area contributed by atoms with E-state index in [1.165, 1.54) is 0 Å².